The van der Waals surface area contributed by atoms with E-state index in [4.69, 9.17) is 25.7 Å². The van der Waals surface area contributed by atoms with Gasteiger partial charge in [0.25, 0.3) is 0 Å². The summed E-state index contributed by atoms with van der Waals surface area (Å²) in [5.74, 6) is -0.408. The third-order valence-corrected chi connectivity index (χ3v) is 5.40. The van der Waals surface area contributed by atoms with Crippen molar-refractivity contribution in [1.29, 1.82) is 0 Å². The molecule has 0 saturated heterocycles. The summed E-state index contributed by atoms with van der Waals surface area (Å²) in [6.45, 7) is 2.04. The minimum atomic E-state index is -4.17. The Morgan fingerprint density at radius 2 is 1.46 bits per heavy atom. The molecule has 0 aliphatic heterocycles. The van der Waals surface area contributed by atoms with Crippen LogP contribution in [-0.4, -0.2) is 31.3 Å². The van der Waals surface area contributed by atoms with Gasteiger partial charge in [-0.05, 0) is 91.6 Å². The van der Waals surface area contributed by atoms with Crippen molar-refractivity contribution in [3.8, 4) is 11.5 Å². The van der Waals surface area contributed by atoms with Crippen molar-refractivity contribution in [3.63, 3.8) is 0 Å². The van der Waals surface area contributed by atoms with Crippen molar-refractivity contribution in [2.45, 2.75) is 32.4 Å². The highest BCUT2D eigenvalue weighted by molar-refractivity contribution is 6.22. The third kappa shape index (κ3) is 9.41. The van der Waals surface area contributed by atoms with E-state index in [-0.39, 0.29) is 42.9 Å². The van der Waals surface area contributed by atoms with Crippen LogP contribution in [-0.2, 0) is 9.53 Å². The number of alkyl halides is 3. The Hall–Kier alpha value is -4.47. The first-order chi connectivity index (χ1) is 18.5. The Balaban J connectivity index is 1.63. The van der Waals surface area contributed by atoms with Crippen LogP contribution in [0.3, 0.4) is 0 Å². The van der Waals surface area contributed by atoms with E-state index >= 15 is 0 Å². The zero-order valence-corrected chi connectivity index (χ0v) is 21.3. The van der Waals surface area contributed by atoms with Crippen LogP contribution in [0.5, 0.6) is 11.5 Å². The van der Waals surface area contributed by atoms with Crippen molar-refractivity contribution >= 4 is 35.0 Å². The summed E-state index contributed by atoms with van der Waals surface area (Å²) in [5.41, 5.74) is 14.2. The van der Waals surface area contributed by atoms with E-state index in [1.165, 1.54) is 12.1 Å². The number of ether oxygens (including phenoxy) is 3. The SMILES string of the molecule is CCOC(=O)C(=Cc1ccc(C(=O)Oc2ccc(OCCCCC(F)(F)F)cc2)cc1)c1cc(N)cc(N)c1. The molecule has 0 aromatic heterocycles. The Morgan fingerprint density at radius 3 is 2.05 bits per heavy atom. The molecule has 206 valence electrons. The summed E-state index contributed by atoms with van der Waals surface area (Å²) in [4.78, 5) is 25.2. The number of unbranched alkanes of at least 4 members (excludes halogenated alkanes) is 1. The topological polar surface area (TPSA) is 114 Å². The van der Waals surface area contributed by atoms with E-state index in [9.17, 15) is 22.8 Å². The van der Waals surface area contributed by atoms with Crippen LogP contribution >= 0.6 is 0 Å². The third-order valence-electron chi connectivity index (χ3n) is 5.40. The van der Waals surface area contributed by atoms with Gasteiger partial charge in [0, 0.05) is 17.8 Å². The van der Waals surface area contributed by atoms with E-state index in [2.05, 4.69) is 0 Å². The quantitative estimate of drug-likeness (QED) is 0.0731. The maximum absolute atomic E-state index is 12.6. The molecule has 0 aliphatic carbocycles. The monoisotopic (exact) mass is 542 g/mol. The second kappa shape index (κ2) is 13.4. The molecule has 0 aliphatic rings. The zero-order chi connectivity index (χ0) is 28.4. The van der Waals surface area contributed by atoms with Gasteiger partial charge in [0.15, 0.2) is 0 Å². The van der Waals surface area contributed by atoms with Crippen LogP contribution in [0.15, 0.2) is 66.7 Å². The van der Waals surface area contributed by atoms with Gasteiger partial charge in [-0.15, -0.1) is 0 Å². The van der Waals surface area contributed by atoms with Crippen LogP contribution in [0.1, 0.15) is 47.7 Å². The fourth-order valence-electron chi connectivity index (χ4n) is 3.57. The number of nitrogens with two attached hydrogens (primary N) is 2. The smallest absolute Gasteiger partial charge is 0.389 e. The van der Waals surface area contributed by atoms with Crippen molar-refractivity contribution in [3.05, 3.63) is 83.4 Å². The molecule has 3 rings (SSSR count). The molecule has 0 unspecified atom stereocenters. The second-order valence-electron chi connectivity index (χ2n) is 8.57. The van der Waals surface area contributed by atoms with Crippen LogP contribution in [0.2, 0.25) is 0 Å². The normalized spacial score (nSPS) is 11.6. The average molecular weight is 543 g/mol. The standard InChI is InChI=1S/C29H29F3N2O5/c1-2-37-28(36)26(21-16-22(33)18-23(34)17-21)15-19-5-7-20(8-6-19)27(35)39-25-11-9-24(10-12-25)38-14-4-3-13-29(30,31)32/h5-12,15-18H,2-4,13-14,33-34H2,1H3. The molecule has 3 aromatic rings. The predicted molar refractivity (Wildman–Crippen MR) is 143 cm³/mol. The molecule has 39 heavy (non-hydrogen) atoms. The molecule has 0 atom stereocenters. The summed E-state index contributed by atoms with van der Waals surface area (Å²) in [6, 6.07) is 17.4. The molecule has 7 nitrogen and oxygen atoms in total. The van der Waals surface area contributed by atoms with E-state index in [0.29, 0.717) is 28.3 Å². The number of esters is 2. The molecule has 4 N–H and O–H groups in total. The summed E-state index contributed by atoms with van der Waals surface area (Å²) in [5, 5.41) is 0. The first kappa shape index (κ1) is 29.1. The van der Waals surface area contributed by atoms with Gasteiger partial charge < -0.3 is 25.7 Å². The minimum absolute atomic E-state index is 0.00652. The highest BCUT2D eigenvalue weighted by Crippen LogP contribution is 2.26. The minimum Gasteiger partial charge on any atom is -0.494 e. The second-order valence-corrected chi connectivity index (χ2v) is 8.57. The Morgan fingerprint density at radius 1 is 0.846 bits per heavy atom. The summed E-state index contributed by atoms with van der Waals surface area (Å²) < 4.78 is 52.5. The Labute approximate surface area is 224 Å². The maximum atomic E-state index is 12.6. The molecule has 10 heteroatoms. The predicted octanol–water partition coefficient (Wildman–Crippen LogP) is 6.29. The van der Waals surface area contributed by atoms with Crippen molar-refractivity contribution in [2.75, 3.05) is 24.7 Å². The molecular formula is C29H29F3N2O5. The molecule has 0 amide bonds. The molecule has 0 bridgehead atoms. The van der Waals surface area contributed by atoms with Crippen molar-refractivity contribution in [2.24, 2.45) is 0 Å². The van der Waals surface area contributed by atoms with Crippen molar-refractivity contribution < 1.29 is 37.0 Å². The van der Waals surface area contributed by atoms with Crippen LogP contribution in [0, 0.1) is 0 Å². The highest BCUT2D eigenvalue weighted by Gasteiger charge is 2.25. The molecule has 0 radical (unpaired) electrons. The molecule has 0 spiro atoms. The van der Waals surface area contributed by atoms with E-state index in [1.54, 1.807) is 67.6 Å². The highest BCUT2D eigenvalue weighted by atomic mass is 19.4. The number of rotatable bonds is 11. The van der Waals surface area contributed by atoms with E-state index in [0.717, 1.165) is 0 Å². The van der Waals surface area contributed by atoms with Gasteiger partial charge in [0.1, 0.15) is 11.5 Å². The maximum Gasteiger partial charge on any atom is 0.389 e. The summed E-state index contributed by atoms with van der Waals surface area (Å²) >= 11 is 0. The van der Waals surface area contributed by atoms with Crippen LogP contribution in [0.25, 0.3) is 11.6 Å². The number of hydrogen-bond acceptors (Lipinski definition) is 7. The summed E-state index contributed by atoms with van der Waals surface area (Å²) in [6.07, 6.45) is -3.13. The molecule has 0 heterocycles. The molecule has 3 aromatic carbocycles. The lowest BCUT2D eigenvalue weighted by molar-refractivity contribution is -0.136. The Kier molecular flexibility index (Phi) is 9.97. The lowest BCUT2D eigenvalue weighted by Gasteiger charge is -2.10. The van der Waals surface area contributed by atoms with Gasteiger partial charge in [-0.25, -0.2) is 9.59 Å². The molecule has 0 fully saturated rings. The van der Waals surface area contributed by atoms with Gasteiger partial charge in [-0.1, -0.05) is 12.1 Å². The first-order valence-electron chi connectivity index (χ1n) is 12.2. The van der Waals surface area contributed by atoms with Gasteiger partial charge in [-0.2, -0.15) is 13.2 Å². The number of nitrogen functional groups attached to an aromatic ring is 2. The van der Waals surface area contributed by atoms with E-state index < -0.39 is 24.5 Å². The Bertz CT molecular complexity index is 1280. The zero-order valence-electron chi connectivity index (χ0n) is 21.3. The fourth-order valence-corrected chi connectivity index (χ4v) is 3.57. The number of hydrogen-bond donors (Lipinski definition) is 2. The van der Waals surface area contributed by atoms with Gasteiger partial charge in [0.2, 0.25) is 0 Å². The number of carbonyl (C=O) groups excluding carboxylic acids is 2. The van der Waals surface area contributed by atoms with Gasteiger partial charge in [-0.3, -0.25) is 0 Å². The number of anilines is 2. The number of benzene rings is 3. The lowest BCUT2D eigenvalue weighted by Crippen LogP contribution is -2.09. The van der Waals surface area contributed by atoms with Crippen LogP contribution in [0.4, 0.5) is 24.5 Å². The first-order valence-corrected chi connectivity index (χ1v) is 12.2. The van der Waals surface area contributed by atoms with Gasteiger partial charge in [0.05, 0.1) is 24.4 Å². The molecule has 0 saturated carbocycles. The van der Waals surface area contributed by atoms with E-state index in [1.807, 2.05) is 0 Å². The fraction of sp³-hybridized carbons (Fsp3) is 0.241. The van der Waals surface area contributed by atoms with Gasteiger partial charge >= 0.3 is 18.1 Å². The van der Waals surface area contributed by atoms with Crippen LogP contribution < -0.4 is 20.9 Å². The lowest BCUT2D eigenvalue weighted by atomic mass is 10.0. The largest absolute Gasteiger partial charge is 0.494 e. The summed E-state index contributed by atoms with van der Waals surface area (Å²) in [7, 11) is 0. The average Bonchev–Trinajstić information content (AvgIpc) is 2.87. The number of carbonyl (C=O) groups is 2. The van der Waals surface area contributed by atoms with Crippen molar-refractivity contribution in [1.82, 2.24) is 0 Å². The molecular weight excluding hydrogens is 513 g/mol. The number of halogens is 3.